The zero-order valence-corrected chi connectivity index (χ0v) is 14.4. The van der Waals surface area contributed by atoms with E-state index in [0.29, 0.717) is 31.7 Å². The van der Waals surface area contributed by atoms with Crippen molar-refractivity contribution in [1.29, 1.82) is 10.5 Å². The van der Waals surface area contributed by atoms with E-state index >= 15 is 0 Å². The molecule has 0 spiro atoms. The second kappa shape index (κ2) is 5.81. The molecule has 1 aliphatic carbocycles. The molecule has 0 bridgehead atoms. The summed E-state index contributed by atoms with van der Waals surface area (Å²) in [6, 6.07) is 3.69. The predicted molar refractivity (Wildman–Crippen MR) is 87.6 cm³/mol. The van der Waals surface area contributed by atoms with Gasteiger partial charge in [0, 0.05) is 6.54 Å². The lowest BCUT2D eigenvalue weighted by Crippen LogP contribution is -2.30. The van der Waals surface area contributed by atoms with Crippen molar-refractivity contribution >= 4 is 46.4 Å². The average Bonchev–Trinajstić information content (AvgIpc) is 3.25. The smallest absolute Gasteiger partial charge is 0.268 e. The van der Waals surface area contributed by atoms with Gasteiger partial charge in [-0.25, -0.2) is 9.97 Å². The molecule has 3 heterocycles. The van der Waals surface area contributed by atoms with Gasteiger partial charge in [-0.2, -0.15) is 10.5 Å². The lowest BCUT2D eigenvalue weighted by atomic mass is 10.3. The summed E-state index contributed by atoms with van der Waals surface area (Å²) in [5.74, 6) is 0.157. The standard InChI is InChI=1S/C14H7N5O2S3/c15-3-7-8(4-16)18-11-10(17-7)23-13(24-11)9-12(20)19(14(21)22-9)5-6-1-2-6/h6H,1-2,5H2. The Balaban J connectivity index is 1.65. The second-order valence-electron chi connectivity index (χ2n) is 5.30. The topological polar surface area (TPSA) is 111 Å². The Labute approximate surface area is 149 Å². The first-order valence-corrected chi connectivity index (χ1v) is 9.41. The van der Waals surface area contributed by atoms with Crippen LogP contribution in [0.3, 0.4) is 0 Å². The molecule has 0 atom stereocenters. The Hall–Kier alpha value is -2.01. The molecule has 2 aliphatic heterocycles. The van der Waals surface area contributed by atoms with Gasteiger partial charge in [-0.3, -0.25) is 14.5 Å². The molecule has 1 saturated heterocycles. The van der Waals surface area contributed by atoms with Crippen molar-refractivity contribution in [2.45, 2.75) is 22.9 Å². The van der Waals surface area contributed by atoms with Crippen LogP contribution >= 0.6 is 35.3 Å². The van der Waals surface area contributed by atoms with Gasteiger partial charge in [0.05, 0.1) is 4.24 Å². The van der Waals surface area contributed by atoms with E-state index in [2.05, 4.69) is 9.97 Å². The highest BCUT2D eigenvalue weighted by atomic mass is 32.2. The molecule has 3 aliphatic rings. The van der Waals surface area contributed by atoms with Crippen LogP contribution in [0, 0.1) is 28.6 Å². The van der Waals surface area contributed by atoms with Gasteiger partial charge in [0.1, 0.15) is 27.1 Å². The Kier molecular flexibility index (Phi) is 3.76. The van der Waals surface area contributed by atoms with Crippen LogP contribution in [-0.2, 0) is 4.79 Å². The highest BCUT2D eigenvalue weighted by molar-refractivity contribution is 8.27. The van der Waals surface area contributed by atoms with Crippen molar-refractivity contribution in [3.05, 3.63) is 20.5 Å². The number of aromatic nitrogens is 2. The molecule has 1 saturated carbocycles. The van der Waals surface area contributed by atoms with Crippen LogP contribution in [0.1, 0.15) is 24.2 Å². The minimum atomic E-state index is -0.277. The van der Waals surface area contributed by atoms with E-state index in [9.17, 15) is 9.59 Å². The highest BCUT2D eigenvalue weighted by Gasteiger charge is 2.42. The molecule has 2 amide bonds. The largest absolute Gasteiger partial charge is 0.293 e. The van der Waals surface area contributed by atoms with E-state index in [1.807, 2.05) is 12.1 Å². The lowest BCUT2D eigenvalue weighted by Gasteiger charge is -2.10. The summed E-state index contributed by atoms with van der Waals surface area (Å²) in [4.78, 5) is 34.5. The van der Waals surface area contributed by atoms with E-state index in [0.717, 1.165) is 24.6 Å². The summed E-state index contributed by atoms with van der Waals surface area (Å²) in [6.07, 6.45) is 2.12. The molecule has 0 unspecified atom stereocenters. The number of carbonyl (C=O) groups is 2. The number of imide groups is 1. The molecule has 0 radical (unpaired) electrons. The van der Waals surface area contributed by atoms with E-state index in [-0.39, 0.29) is 22.5 Å². The van der Waals surface area contributed by atoms with Crippen LogP contribution in [0.15, 0.2) is 19.2 Å². The number of nitrogens with zero attached hydrogens (tertiary/aromatic N) is 5. The van der Waals surface area contributed by atoms with Crippen LogP contribution in [0.4, 0.5) is 4.79 Å². The van der Waals surface area contributed by atoms with Crippen LogP contribution in [0.2, 0.25) is 0 Å². The van der Waals surface area contributed by atoms with Gasteiger partial charge in [-0.1, -0.05) is 23.5 Å². The molecule has 0 aromatic carbocycles. The molecule has 2 fully saturated rings. The summed E-state index contributed by atoms with van der Waals surface area (Å²) in [7, 11) is 0. The number of nitriles is 2. The highest BCUT2D eigenvalue weighted by Crippen LogP contribution is 2.54. The van der Waals surface area contributed by atoms with Crippen LogP contribution in [-0.4, -0.2) is 32.6 Å². The fraction of sp³-hybridized carbons (Fsp3) is 0.286. The van der Waals surface area contributed by atoms with Gasteiger partial charge in [0.2, 0.25) is 0 Å². The second-order valence-corrected chi connectivity index (χ2v) is 8.52. The molecule has 4 rings (SSSR count). The first kappa shape index (κ1) is 15.5. The van der Waals surface area contributed by atoms with E-state index in [4.69, 9.17) is 10.5 Å². The number of carbonyl (C=O) groups excluding carboxylic acids is 2. The molecule has 118 valence electrons. The Morgan fingerprint density at radius 1 is 1.04 bits per heavy atom. The van der Waals surface area contributed by atoms with Crippen molar-refractivity contribution in [2.75, 3.05) is 6.54 Å². The summed E-state index contributed by atoms with van der Waals surface area (Å²) in [5.41, 5.74) is -0.0696. The fourth-order valence-electron chi connectivity index (χ4n) is 2.22. The third kappa shape index (κ3) is 2.57. The molecule has 0 N–H and O–H groups in total. The maximum Gasteiger partial charge on any atom is 0.293 e. The quantitative estimate of drug-likeness (QED) is 0.722. The molecule has 7 nitrogen and oxygen atoms in total. The lowest BCUT2D eigenvalue weighted by molar-refractivity contribution is -0.122. The molecular formula is C14H7N5O2S3. The molecule has 10 heteroatoms. The van der Waals surface area contributed by atoms with Crippen molar-refractivity contribution in [2.24, 2.45) is 5.92 Å². The van der Waals surface area contributed by atoms with Gasteiger partial charge in [0.25, 0.3) is 11.1 Å². The fourth-order valence-corrected chi connectivity index (χ4v) is 5.58. The number of fused-ring (bicyclic) bond motifs is 1. The summed E-state index contributed by atoms with van der Waals surface area (Å²) in [5, 5.41) is 18.8. The van der Waals surface area contributed by atoms with Gasteiger partial charge < -0.3 is 0 Å². The van der Waals surface area contributed by atoms with E-state index < -0.39 is 0 Å². The van der Waals surface area contributed by atoms with Gasteiger partial charge in [-0.15, -0.1) is 0 Å². The zero-order valence-electron chi connectivity index (χ0n) is 12.0. The first-order valence-electron chi connectivity index (χ1n) is 6.96. The maximum atomic E-state index is 12.5. The minimum absolute atomic E-state index is 0.0348. The SMILES string of the molecule is N#Cc1nc2c(nc1C#N)SC(=C1SC(=O)N(CC3CC3)C1=O)S2. The van der Waals surface area contributed by atoms with Crippen LogP contribution in [0.5, 0.6) is 0 Å². The summed E-state index contributed by atoms with van der Waals surface area (Å²) < 4.78 is 0.630. The monoisotopic (exact) mass is 373 g/mol. The number of hydrogen-bond acceptors (Lipinski definition) is 9. The first-order chi connectivity index (χ1) is 11.6. The minimum Gasteiger partial charge on any atom is -0.268 e. The molecule has 1 aromatic rings. The number of thioether (sulfide) groups is 3. The van der Waals surface area contributed by atoms with Gasteiger partial charge in [0.15, 0.2) is 11.4 Å². The molecular weight excluding hydrogens is 366 g/mol. The van der Waals surface area contributed by atoms with Crippen LogP contribution < -0.4 is 0 Å². The third-order valence-electron chi connectivity index (χ3n) is 3.60. The summed E-state index contributed by atoms with van der Waals surface area (Å²) in [6.45, 7) is 0.484. The van der Waals surface area contributed by atoms with Gasteiger partial charge in [-0.05, 0) is 30.5 Å². The van der Waals surface area contributed by atoms with Crippen molar-refractivity contribution in [3.8, 4) is 12.1 Å². The molecule has 1 aromatic heterocycles. The van der Waals surface area contributed by atoms with E-state index in [1.54, 1.807) is 0 Å². The third-order valence-corrected chi connectivity index (χ3v) is 7.20. The Morgan fingerprint density at radius 2 is 1.62 bits per heavy atom. The molecule has 24 heavy (non-hydrogen) atoms. The Morgan fingerprint density at radius 3 is 2.12 bits per heavy atom. The van der Waals surface area contributed by atoms with E-state index in [1.165, 1.54) is 28.4 Å². The van der Waals surface area contributed by atoms with Crippen LogP contribution in [0.25, 0.3) is 0 Å². The number of rotatable bonds is 2. The van der Waals surface area contributed by atoms with Crippen molar-refractivity contribution in [3.63, 3.8) is 0 Å². The van der Waals surface area contributed by atoms with Crippen molar-refractivity contribution in [1.82, 2.24) is 14.9 Å². The van der Waals surface area contributed by atoms with Crippen molar-refractivity contribution < 1.29 is 9.59 Å². The zero-order chi connectivity index (χ0) is 16.8. The maximum absolute atomic E-state index is 12.5. The average molecular weight is 373 g/mol. The summed E-state index contributed by atoms with van der Waals surface area (Å²) >= 11 is 3.35. The Bertz CT molecular complexity index is 865. The van der Waals surface area contributed by atoms with Gasteiger partial charge >= 0.3 is 0 Å². The normalized spacial score (nSPS) is 19.5. The predicted octanol–water partition coefficient (Wildman–Crippen LogP) is 2.69. The number of hydrogen-bond donors (Lipinski definition) is 0. The number of amides is 2.